The molecule has 0 radical (unpaired) electrons. The van der Waals surface area contributed by atoms with E-state index in [4.69, 9.17) is 0 Å². The Balaban J connectivity index is 1.76. The lowest BCUT2D eigenvalue weighted by Gasteiger charge is -2.26. The van der Waals surface area contributed by atoms with E-state index in [2.05, 4.69) is 15.6 Å². The third-order valence-electron chi connectivity index (χ3n) is 2.93. The predicted octanol–water partition coefficient (Wildman–Crippen LogP) is 0.0739. The first-order valence-electron chi connectivity index (χ1n) is 6.37. The van der Waals surface area contributed by atoms with Crippen LogP contribution in [-0.2, 0) is 11.2 Å². The van der Waals surface area contributed by atoms with Crippen LogP contribution in [0.15, 0.2) is 18.2 Å². The molecule has 6 nitrogen and oxygen atoms in total. The fourth-order valence-corrected chi connectivity index (χ4v) is 1.96. The SMILES string of the molecule is Cc1cccc(CCNC(=O)N2CCNC(=O)C2)n1. The molecular formula is C13H18N4O2. The summed E-state index contributed by atoms with van der Waals surface area (Å²) in [5.74, 6) is -0.109. The first-order chi connectivity index (χ1) is 9.15. The Morgan fingerprint density at radius 1 is 1.53 bits per heavy atom. The van der Waals surface area contributed by atoms with Crippen LogP contribution in [0.3, 0.4) is 0 Å². The quantitative estimate of drug-likeness (QED) is 0.809. The van der Waals surface area contributed by atoms with Crippen LogP contribution in [0.5, 0.6) is 0 Å². The molecule has 0 aromatic carbocycles. The number of rotatable bonds is 3. The number of piperazine rings is 1. The van der Waals surface area contributed by atoms with Gasteiger partial charge in [0.2, 0.25) is 5.91 Å². The molecule has 0 unspecified atom stereocenters. The van der Waals surface area contributed by atoms with Gasteiger partial charge in [-0.15, -0.1) is 0 Å². The minimum Gasteiger partial charge on any atom is -0.353 e. The number of amides is 3. The highest BCUT2D eigenvalue weighted by atomic mass is 16.2. The Labute approximate surface area is 112 Å². The molecule has 2 heterocycles. The van der Waals surface area contributed by atoms with Gasteiger partial charge in [-0.05, 0) is 19.1 Å². The van der Waals surface area contributed by atoms with Gasteiger partial charge in [0.15, 0.2) is 0 Å². The number of carbonyl (C=O) groups excluding carboxylic acids is 2. The number of aromatic nitrogens is 1. The van der Waals surface area contributed by atoms with Crippen molar-refractivity contribution in [3.05, 3.63) is 29.6 Å². The number of pyridine rings is 1. The molecule has 19 heavy (non-hydrogen) atoms. The fourth-order valence-electron chi connectivity index (χ4n) is 1.96. The summed E-state index contributed by atoms with van der Waals surface area (Å²) in [6.45, 7) is 3.67. The van der Waals surface area contributed by atoms with Crippen molar-refractivity contribution in [3.63, 3.8) is 0 Å². The third-order valence-corrected chi connectivity index (χ3v) is 2.93. The molecule has 0 atom stereocenters. The van der Waals surface area contributed by atoms with E-state index in [1.165, 1.54) is 4.90 Å². The van der Waals surface area contributed by atoms with E-state index in [0.717, 1.165) is 11.4 Å². The minimum atomic E-state index is -0.192. The molecule has 102 valence electrons. The summed E-state index contributed by atoms with van der Waals surface area (Å²) < 4.78 is 0. The Hall–Kier alpha value is -2.11. The Morgan fingerprint density at radius 3 is 3.11 bits per heavy atom. The van der Waals surface area contributed by atoms with Crippen molar-refractivity contribution >= 4 is 11.9 Å². The lowest BCUT2D eigenvalue weighted by molar-refractivity contribution is -0.123. The van der Waals surface area contributed by atoms with E-state index in [9.17, 15) is 9.59 Å². The number of aryl methyl sites for hydroxylation is 1. The van der Waals surface area contributed by atoms with Crippen molar-refractivity contribution in [2.45, 2.75) is 13.3 Å². The van der Waals surface area contributed by atoms with Crippen molar-refractivity contribution in [1.29, 1.82) is 0 Å². The molecule has 0 spiro atoms. The van der Waals surface area contributed by atoms with Crippen molar-refractivity contribution in [2.75, 3.05) is 26.2 Å². The second-order valence-corrected chi connectivity index (χ2v) is 4.52. The normalized spacial score (nSPS) is 15.0. The van der Waals surface area contributed by atoms with Crippen molar-refractivity contribution in [2.24, 2.45) is 0 Å². The van der Waals surface area contributed by atoms with Crippen LogP contribution in [0.4, 0.5) is 4.79 Å². The monoisotopic (exact) mass is 262 g/mol. The van der Waals surface area contributed by atoms with E-state index in [1.807, 2.05) is 25.1 Å². The molecule has 1 aromatic heterocycles. The van der Waals surface area contributed by atoms with Crippen molar-refractivity contribution in [3.8, 4) is 0 Å². The summed E-state index contributed by atoms with van der Waals surface area (Å²) in [5, 5.41) is 5.49. The number of carbonyl (C=O) groups is 2. The van der Waals surface area contributed by atoms with Gasteiger partial charge >= 0.3 is 6.03 Å². The third kappa shape index (κ3) is 3.94. The largest absolute Gasteiger partial charge is 0.353 e. The maximum Gasteiger partial charge on any atom is 0.317 e. The van der Waals surface area contributed by atoms with Crippen LogP contribution in [0.1, 0.15) is 11.4 Å². The van der Waals surface area contributed by atoms with Crippen LogP contribution in [0, 0.1) is 6.92 Å². The highest BCUT2D eigenvalue weighted by Crippen LogP contribution is 1.99. The van der Waals surface area contributed by atoms with Gasteiger partial charge in [0.25, 0.3) is 0 Å². The minimum absolute atomic E-state index is 0.109. The zero-order valence-electron chi connectivity index (χ0n) is 11.0. The molecule has 1 aliphatic heterocycles. The standard InChI is InChI=1S/C13H18N4O2/c1-10-3-2-4-11(16-10)5-6-15-13(19)17-8-7-14-12(18)9-17/h2-4H,5-9H2,1H3,(H,14,18)(H,15,19). The molecule has 2 N–H and O–H groups in total. The van der Waals surface area contributed by atoms with Crippen LogP contribution in [0.2, 0.25) is 0 Å². The molecular weight excluding hydrogens is 244 g/mol. The second kappa shape index (κ2) is 6.17. The molecule has 0 aliphatic carbocycles. The first kappa shape index (κ1) is 13.3. The van der Waals surface area contributed by atoms with E-state index < -0.39 is 0 Å². The highest BCUT2D eigenvalue weighted by molar-refractivity contribution is 5.85. The molecule has 6 heteroatoms. The molecule has 1 saturated heterocycles. The smallest absolute Gasteiger partial charge is 0.317 e. The number of hydrogen-bond acceptors (Lipinski definition) is 3. The van der Waals surface area contributed by atoms with Gasteiger partial charge in [0.1, 0.15) is 6.54 Å². The summed E-state index contributed by atoms with van der Waals surface area (Å²) in [6.07, 6.45) is 0.688. The van der Waals surface area contributed by atoms with Gasteiger partial charge in [0.05, 0.1) is 0 Å². The Bertz CT molecular complexity index is 475. The summed E-state index contributed by atoms with van der Waals surface area (Å²) >= 11 is 0. The topological polar surface area (TPSA) is 74.3 Å². The molecule has 0 saturated carbocycles. The molecule has 1 aliphatic rings. The van der Waals surface area contributed by atoms with Crippen molar-refractivity contribution in [1.82, 2.24) is 20.5 Å². The second-order valence-electron chi connectivity index (χ2n) is 4.52. The van der Waals surface area contributed by atoms with Crippen LogP contribution in [0.25, 0.3) is 0 Å². The van der Waals surface area contributed by atoms with E-state index in [-0.39, 0.29) is 18.5 Å². The number of urea groups is 1. The molecule has 0 bridgehead atoms. The van der Waals surface area contributed by atoms with Crippen molar-refractivity contribution < 1.29 is 9.59 Å². The zero-order chi connectivity index (χ0) is 13.7. The van der Waals surface area contributed by atoms with Gasteiger partial charge < -0.3 is 15.5 Å². The predicted molar refractivity (Wildman–Crippen MR) is 70.7 cm³/mol. The summed E-state index contributed by atoms with van der Waals surface area (Å²) in [4.78, 5) is 28.9. The van der Waals surface area contributed by atoms with Crippen LogP contribution < -0.4 is 10.6 Å². The summed E-state index contributed by atoms with van der Waals surface area (Å²) in [6, 6.07) is 5.64. The molecule has 2 rings (SSSR count). The molecule has 1 fully saturated rings. The number of nitrogens with one attached hydrogen (secondary N) is 2. The maximum absolute atomic E-state index is 11.8. The fraction of sp³-hybridized carbons (Fsp3) is 0.462. The average molecular weight is 262 g/mol. The molecule has 1 aromatic rings. The lowest BCUT2D eigenvalue weighted by Crippen LogP contribution is -2.53. The van der Waals surface area contributed by atoms with Crippen LogP contribution >= 0.6 is 0 Å². The van der Waals surface area contributed by atoms with Gasteiger partial charge in [-0.25, -0.2) is 4.79 Å². The van der Waals surface area contributed by atoms with Gasteiger partial charge in [-0.1, -0.05) is 6.07 Å². The van der Waals surface area contributed by atoms with E-state index in [0.29, 0.717) is 26.1 Å². The maximum atomic E-state index is 11.8. The molecule has 3 amide bonds. The summed E-state index contributed by atoms with van der Waals surface area (Å²) in [5.41, 5.74) is 1.92. The van der Waals surface area contributed by atoms with Crippen LogP contribution in [-0.4, -0.2) is 48.0 Å². The average Bonchev–Trinajstić information content (AvgIpc) is 2.38. The number of hydrogen-bond donors (Lipinski definition) is 2. The number of nitrogens with zero attached hydrogens (tertiary/aromatic N) is 2. The lowest BCUT2D eigenvalue weighted by atomic mass is 10.2. The van der Waals surface area contributed by atoms with Gasteiger partial charge in [0, 0.05) is 37.4 Å². The van der Waals surface area contributed by atoms with E-state index in [1.54, 1.807) is 0 Å². The highest BCUT2D eigenvalue weighted by Gasteiger charge is 2.20. The Kier molecular flexibility index (Phi) is 4.33. The van der Waals surface area contributed by atoms with Gasteiger partial charge in [-0.3, -0.25) is 9.78 Å². The van der Waals surface area contributed by atoms with E-state index >= 15 is 0 Å². The zero-order valence-corrected chi connectivity index (χ0v) is 11.0. The summed E-state index contributed by atoms with van der Waals surface area (Å²) in [7, 11) is 0. The first-order valence-corrected chi connectivity index (χ1v) is 6.37. The van der Waals surface area contributed by atoms with Gasteiger partial charge in [-0.2, -0.15) is 0 Å². The Morgan fingerprint density at radius 2 is 2.37 bits per heavy atom.